The van der Waals surface area contributed by atoms with Crippen molar-refractivity contribution in [2.45, 2.75) is 45.6 Å². The number of hydrogen-bond donors (Lipinski definition) is 1. The molecule has 148 valence electrons. The highest BCUT2D eigenvalue weighted by molar-refractivity contribution is 6.30. The van der Waals surface area contributed by atoms with Gasteiger partial charge >= 0.3 is 0 Å². The smallest absolute Gasteiger partial charge is 0.253 e. The second-order valence-electron chi connectivity index (χ2n) is 8.35. The molecule has 4 nitrogen and oxygen atoms in total. The van der Waals surface area contributed by atoms with Gasteiger partial charge in [0.1, 0.15) is 0 Å². The normalized spacial score (nSPS) is 26.2. The van der Waals surface area contributed by atoms with Gasteiger partial charge in [0.2, 0.25) is 0 Å². The number of aliphatic hydroxyl groups is 1. The van der Waals surface area contributed by atoms with Crippen LogP contribution in [0.15, 0.2) is 35.9 Å². The second kappa shape index (κ2) is 8.76. The third-order valence-electron chi connectivity index (χ3n) is 5.95. The zero-order valence-corrected chi connectivity index (χ0v) is 17.2. The number of carbonyl (C=O) groups is 1. The Kier molecular flexibility index (Phi) is 6.61. The van der Waals surface area contributed by atoms with Crippen LogP contribution in [0.2, 0.25) is 5.02 Å². The van der Waals surface area contributed by atoms with Crippen molar-refractivity contribution < 1.29 is 9.90 Å². The number of rotatable bonds is 4. The van der Waals surface area contributed by atoms with Crippen LogP contribution in [-0.4, -0.2) is 59.6 Å². The van der Waals surface area contributed by atoms with E-state index in [0.29, 0.717) is 17.1 Å². The van der Waals surface area contributed by atoms with Crippen LogP contribution in [0, 0.1) is 5.41 Å². The summed E-state index contributed by atoms with van der Waals surface area (Å²) < 4.78 is 0. The summed E-state index contributed by atoms with van der Waals surface area (Å²) in [6.07, 6.45) is 5.70. The Morgan fingerprint density at radius 3 is 2.70 bits per heavy atom. The maximum Gasteiger partial charge on any atom is 0.253 e. The first-order valence-electron chi connectivity index (χ1n) is 9.98. The molecule has 0 radical (unpaired) electrons. The highest BCUT2D eigenvalue weighted by atomic mass is 35.5. The average molecular weight is 391 g/mol. The summed E-state index contributed by atoms with van der Waals surface area (Å²) in [4.78, 5) is 17.3. The van der Waals surface area contributed by atoms with E-state index in [2.05, 4.69) is 24.8 Å². The minimum absolute atomic E-state index is 0.0413. The first kappa shape index (κ1) is 20.4. The summed E-state index contributed by atoms with van der Waals surface area (Å²) in [5.74, 6) is 0.0413. The maximum atomic E-state index is 13.0. The van der Waals surface area contributed by atoms with Crippen molar-refractivity contribution in [1.29, 1.82) is 0 Å². The summed E-state index contributed by atoms with van der Waals surface area (Å²) in [7, 11) is 0. The van der Waals surface area contributed by atoms with Gasteiger partial charge in [0.25, 0.3) is 5.91 Å². The van der Waals surface area contributed by atoms with E-state index in [9.17, 15) is 9.90 Å². The first-order chi connectivity index (χ1) is 12.9. The molecule has 0 saturated carbocycles. The summed E-state index contributed by atoms with van der Waals surface area (Å²) in [6.45, 7) is 8.47. The quantitative estimate of drug-likeness (QED) is 0.790. The molecule has 0 aromatic heterocycles. The summed E-state index contributed by atoms with van der Waals surface area (Å²) >= 11 is 5.95. The van der Waals surface area contributed by atoms with Crippen LogP contribution in [0.25, 0.3) is 0 Å². The average Bonchev–Trinajstić information content (AvgIpc) is 2.65. The molecule has 5 heteroatoms. The molecule has 2 aliphatic rings. The minimum Gasteiger partial charge on any atom is -0.392 e. The SMILES string of the molecule is CC(C)=CCCN1CC[C@@H](O)[C@]2(CCCN(C(=O)c3ccc(Cl)cc3)C2)C1. The van der Waals surface area contributed by atoms with Crippen LogP contribution in [0.3, 0.4) is 0 Å². The van der Waals surface area contributed by atoms with E-state index in [4.69, 9.17) is 11.6 Å². The number of benzene rings is 1. The van der Waals surface area contributed by atoms with Crippen LogP contribution in [0.5, 0.6) is 0 Å². The van der Waals surface area contributed by atoms with Crippen LogP contribution < -0.4 is 0 Å². The van der Waals surface area contributed by atoms with Crippen LogP contribution >= 0.6 is 11.6 Å². The van der Waals surface area contributed by atoms with Crippen molar-refractivity contribution in [3.8, 4) is 0 Å². The lowest BCUT2D eigenvalue weighted by Crippen LogP contribution is -2.59. The van der Waals surface area contributed by atoms with Crippen molar-refractivity contribution in [2.75, 3.05) is 32.7 Å². The van der Waals surface area contributed by atoms with Gasteiger partial charge in [0.15, 0.2) is 0 Å². The molecule has 1 spiro atoms. The van der Waals surface area contributed by atoms with Gasteiger partial charge in [0.05, 0.1) is 6.10 Å². The Morgan fingerprint density at radius 2 is 2.00 bits per heavy atom. The van der Waals surface area contributed by atoms with E-state index in [1.165, 1.54) is 5.57 Å². The number of nitrogens with zero attached hydrogens (tertiary/aromatic N) is 2. The van der Waals surface area contributed by atoms with Gasteiger partial charge in [-0.05, 0) is 63.8 Å². The molecular formula is C22H31ClN2O2. The molecule has 2 saturated heterocycles. The highest BCUT2D eigenvalue weighted by Gasteiger charge is 2.46. The molecule has 3 rings (SSSR count). The molecule has 0 bridgehead atoms. The van der Waals surface area contributed by atoms with Gasteiger partial charge in [-0.3, -0.25) is 4.79 Å². The third kappa shape index (κ3) is 4.92. The molecule has 2 atom stereocenters. The number of allylic oxidation sites excluding steroid dienone is 1. The Labute approximate surface area is 167 Å². The Hall–Kier alpha value is -1.36. The van der Waals surface area contributed by atoms with E-state index >= 15 is 0 Å². The summed E-state index contributed by atoms with van der Waals surface area (Å²) in [5.41, 5.74) is 1.81. The lowest BCUT2D eigenvalue weighted by Gasteiger charge is -2.51. The van der Waals surface area contributed by atoms with Crippen LogP contribution in [0.4, 0.5) is 0 Å². The Balaban J connectivity index is 1.69. The fourth-order valence-corrected chi connectivity index (χ4v) is 4.60. The number of aliphatic hydroxyl groups excluding tert-OH is 1. The number of carbonyl (C=O) groups excluding carboxylic acids is 1. The van der Waals surface area contributed by atoms with Crippen molar-refractivity contribution in [3.05, 3.63) is 46.5 Å². The van der Waals surface area contributed by atoms with Gasteiger partial charge in [-0.2, -0.15) is 0 Å². The minimum atomic E-state index is -0.335. The second-order valence-corrected chi connectivity index (χ2v) is 8.79. The topological polar surface area (TPSA) is 43.8 Å². The number of amides is 1. The Bertz CT molecular complexity index is 684. The first-order valence-corrected chi connectivity index (χ1v) is 10.4. The summed E-state index contributed by atoms with van der Waals surface area (Å²) in [5, 5.41) is 11.5. The monoisotopic (exact) mass is 390 g/mol. The molecule has 1 amide bonds. The van der Waals surface area contributed by atoms with Crippen molar-refractivity contribution >= 4 is 17.5 Å². The molecular weight excluding hydrogens is 360 g/mol. The molecule has 1 aromatic rings. The Morgan fingerprint density at radius 1 is 1.26 bits per heavy atom. The lowest BCUT2D eigenvalue weighted by atomic mass is 9.71. The van der Waals surface area contributed by atoms with Gasteiger partial charge in [-0.15, -0.1) is 0 Å². The molecule has 0 aliphatic carbocycles. The standard InChI is InChI=1S/C22H31ClN2O2/c1-17(2)5-3-12-24-14-10-20(26)22(15-24)11-4-13-25(16-22)21(27)18-6-8-19(23)9-7-18/h5-9,20,26H,3-4,10-16H2,1-2H3/t20-,22-/m1/s1. The molecule has 27 heavy (non-hydrogen) atoms. The van der Waals surface area contributed by atoms with Crippen molar-refractivity contribution in [1.82, 2.24) is 9.80 Å². The van der Waals surface area contributed by atoms with E-state index in [1.807, 2.05) is 4.90 Å². The number of likely N-dealkylation sites (tertiary alicyclic amines) is 2. The highest BCUT2D eigenvalue weighted by Crippen LogP contribution is 2.39. The largest absolute Gasteiger partial charge is 0.392 e. The zero-order chi connectivity index (χ0) is 19.4. The molecule has 1 aromatic carbocycles. The lowest BCUT2D eigenvalue weighted by molar-refractivity contribution is -0.0782. The van der Waals surface area contributed by atoms with Gasteiger partial charge in [-0.1, -0.05) is 23.3 Å². The number of halogens is 1. The summed E-state index contributed by atoms with van der Waals surface area (Å²) in [6, 6.07) is 7.09. The van der Waals surface area contributed by atoms with Crippen molar-refractivity contribution in [3.63, 3.8) is 0 Å². The third-order valence-corrected chi connectivity index (χ3v) is 6.20. The van der Waals surface area contributed by atoms with E-state index < -0.39 is 0 Å². The van der Waals surface area contributed by atoms with E-state index in [0.717, 1.165) is 51.9 Å². The molecule has 2 heterocycles. The maximum absolute atomic E-state index is 13.0. The predicted octanol–water partition coefficient (Wildman–Crippen LogP) is 3.99. The zero-order valence-electron chi connectivity index (χ0n) is 16.5. The molecule has 1 N–H and O–H groups in total. The predicted molar refractivity (Wildman–Crippen MR) is 110 cm³/mol. The van der Waals surface area contributed by atoms with E-state index in [-0.39, 0.29) is 17.4 Å². The van der Waals surface area contributed by atoms with Gasteiger partial charge < -0.3 is 14.9 Å². The van der Waals surface area contributed by atoms with Crippen LogP contribution in [0.1, 0.15) is 49.9 Å². The molecule has 2 aliphatic heterocycles. The van der Waals surface area contributed by atoms with Crippen LogP contribution in [-0.2, 0) is 0 Å². The number of piperidine rings is 2. The molecule has 2 fully saturated rings. The fraction of sp³-hybridized carbons (Fsp3) is 0.591. The van der Waals surface area contributed by atoms with E-state index in [1.54, 1.807) is 24.3 Å². The molecule has 0 unspecified atom stereocenters. The number of hydrogen-bond acceptors (Lipinski definition) is 3. The van der Waals surface area contributed by atoms with Crippen molar-refractivity contribution in [2.24, 2.45) is 5.41 Å². The fourth-order valence-electron chi connectivity index (χ4n) is 4.48. The van der Waals surface area contributed by atoms with Gasteiger partial charge in [-0.25, -0.2) is 0 Å². The van der Waals surface area contributed by atoms with Gasteiger partial charge in [0, 0.05) is 48.7 Å².